The molecule has 0 atom stereocenters. The molecule has 1 aliphatic rings. The van der Waals surface area contributed by atoms with Gasteiger partial charge in [-0.3, -0.25) is 9.36 Å². The summed E-state index contributed by atoms with van der Waals surface area (Å²) in [5, 5.41) is 6.31. The second-order valence-corrected chi connectivity index (χ2v) is 9.28. The van der Waals surface area contributed by atoms with E-state index in [4.69, 9.17) is 4.98 Å². The van der Waals surface area contributed by atoms with Gasteiger partial charge >= 0.3 is 0 Å². The van der Waals surface area contributed by atoms with Crippen molar-refractivity contribution in [1.29, 1.82) is 0 Å². The number of amides is 1. The molecule has 0 aromatic carbocycles. The first-order chi connectivity index (χ1) is 16.8. The van der Waals surface area contributed by atoms with E-state index in [1.165, 1.54) is 12.2 Å². The summed E-state index contributed by atoms with van der Waals surface area (Å²) in [6.07, 6.45) is 8.82. The van der Waals surface area contributed by atoms with Gasteiger partial charge in [0.2, 0.25) is 17.8 Å². The molecule has 9 heteroatoms. The molecule has 2 heterocycles. The number of carbonyl (C=O) groups is 1. The molecule has 0 bridgehead atoms. The van der Waals surface area contributed by atoms with Crippen LogP contribution in [0.4, 0.5) is 16.3 Å². The molecule has 2 aromatic heterocycles. The third-order valence-electron chi connectivity index (χ3n) is 6.27. The molecule has 0 aliphatic heterocycles. The average Bonchev–Trinajstić information content (AvgIpc) is 3.18. The van der Waals surface area contributed by atoms with Crippen LogP contribution in [0.2, 0.25) is 0 Å². The fourth-order valence-corrected chi connectivity index (χ4v) is 4.62. The Hall–Kier alpha value is -3.23. The first-order valence-electron chi connectivity index (χ1n) is 12.5. The molecule has 2 aromatic rings. The number of nitrogens with zero attached hydrogens (tertiary/aromatic N) is 5. The Morgan fingerprint density at radius 2 is 2.00 bits per heavy atom. The third kappa shape index (κ3) is 6.26. The molecule has 1 aliphatic carbocycles. The zero-order valence-corrected chi connectivity index (χ0v) is 21.4. The molecule has 8 nitrogen and oxygen atoms in total. The lowest BCUT2D eigenvalue weighted by Crippen LogP contribution is -2.38. The van der Waals surface area contributed by atoms with E-state index in [-0.39, 0.29) is 29.6 Å². The summed E-state index contributed by atoms with van der Waals surface area (Å²) < 4.78 is 16.1. The van der Waals surface area contributed by atoms with Gasteiger partial charge in [-0.25, -0.2) is 14.4 Å². The summed E-state index contributed by atoms with van der Waals surface area (Å²) >= 11 is 0. The van der Waals surface area contributed by atoms with E-state index in [0.717, 1.165) is 45.2 Å². The molecule has 3 rings (SSSR count). The van der Waals surface area contributed by atoms with Crippen LogP contribution < -0.4 is 10.6 Å². The van der Waals surface area contributed by atoms with Gasteiger partial charge in [0.15, 0.2) is 5.65 Å². The Morgan fingerprint density at radius 3 is 2.57 bits per heavy atom. The van der Waals surface area contributed by atoms with E-state index in [2.05, 4.69) is 40.7 Å². The minimum atomic E-state index is -0.610. The number of allylic oxidation sites excluding steroid dienone is 3. The normalized spacial score (nSPS) is 18.5. The van der Waals surface area contributed by atoms with Gasteiger partial charge in [-0.05, 0) is 59.0 Å². The van der Waals surface area contributed by atoms with Gasteiger partial charge in [-0.2, -0.15) is 4.98 Å². The first-order valence-corrected chi connectivity index (χ1v) is 12.5. The number of rotatable bonds is 11. The minimum absolute atomic E-state index is 0.0265. The zero-order chi connectivity index (χ0) is 25.5. The number of carbonyl (C=O) groups excluding carboxylic acids is 1. The molecule has 1 fully saturated rings. The number of halogens is 1. The lowest BCUT2D eigenvalue weighted by atomic mass is 9.85. The van der Waals surface area contributed by atoms with Gasteiger partial charge < -0.3 is 15.5 Å². The van der Waals surface area contributed by atoms with Crippen molar-refractivity contribution in [3.8, 4) is 0 Å². The molecule has 0 unspecified atom stereocenters. The number of hydrogen-bond donors (Lipinski definition) is 2. The van der Waals surface area contributed by atoms with Gasteiger partial charge in [-0.15, -0.1) is 0 Å². The largest absolute Gasteiger partial charge is 0.352 e. The van der Waals surface area contributed by atoms with Crippen LogP contribution in [-0.4, -0.2) is 49.5 Å². The molecule has 190 valence electrons. The van der Waals surface area contributed by atoms with Crippen molar-refractivity contribution in [1.82, 2.24) is 24.4 Å². The lowest BCUT2D eigenvalue weighted by molar-refractivity contribution is -0.136. The first kappa shape index (κ1) is 26.4. The van der Waals surface area contributed by atoms with Crippen LogP contribution in [0.25, 0.3) is 11.2 Å². The van der Waals surface area contributed by atoms with E-state index in [1.54, 1.807) is 6.20 Å². The summed E-state index contributed by atoms with van der Waals surface area (Å²) in [7, 11) is 0. The molecule has 0 saturated heterocycles. The van der Waals surface area contributed by atoms with Crippen LogP contribution in [0.3, 0.4) is 0 Å². The van der Waals surface area contributed by atoms with Crippen LogP contribution in [0, 0.1) is 5.92 Å². The zero-order valence-electron chi connectivity index (χ0n) is 21.4. The molecule has 1 saturated carbocycles. The smallest absolute Gasteiger partial charge is 0.225 e. The van der Waals surface area contributed by atoms with Gasteiger partial charge in [0.25, 0.3) is 0 Å². The number of fused-ring (bicyclic) bond motifs is 1. The summed E-state index contributed by atoms with van der Waals surface area (Å²) in [6.45, 7) is 16.8. The number of hydrogen-bond acceptors (Lipinski definition) is 6. The second-order valence-electron chi connectivity index (χ2n) is 9.28. The highest BCUT2D eigenvalue weighted by molar-refractivity contribution is 5.79. The Balaban J connectivity index is 1.94. The number of imidazole rings is 1. The standard InChI is InChI=1S/C26H38FN7O/c1-7-10-21(18(6)27)30-26-31-22-16-28-25(29-17(4)5)32-23(22)34(26)20-13-11-19(12-14-20)24(35)33(9-3)15-8-2/h7,10,16-17,19-20H,1,6,8-9,11-15H2,2-5H3,(H,30,31)(H,28,29,32)/b21-10+/t19-,20+. The van der Waals surface area contributed by atoms with Crippen molar-refractivity contribution in [3.63, 3.8) is 0 Å². The predicted octanol–water partition coefficient (Wildman–Crippen LogP) is 5.60. The summed E-state index contributed by atoms with van der Waals surface area (Å²) in [5.74, 6) is 0.648. The van der Waals surface area contributed by atoms with E-state index in [9.17, 15) is 9.18 Å². The maximum absolute atomic E-state index is 14.1. The van der Waals surface area contributed by atoms with Crippen LogP contribution in [0.15, 0.2) is 43.0 Å². The fraction of sp³-hybridized carbons (Fsp3) is 0.538. The van der Waals surface area contributed by atoms with Gasteiger partial charge in [0.1, 0.15) is 11.3 Å². The molecular formula is C26H38FN7O. The van der Waals surface area contributed by atoms with Gasteiger partial charge in [-0.1, -0.05) is 26.2 Å². The predicted molar refractivity (Wildman–Crippen MR) is 140 cm³/mol. The van der Waals surface area contributed by atoms with E-state index >= 15 is 0 Å². The van der Waals surface area contributed by atoms with Gasteiger partial charge in [0, 0.05) is 31.1 Å². The Bertz CT molecular complexity index is 1080. The molecule has 35 heavy (non-hydrogen) atoms. The van der Waals surface area contributed by atoms with Crippen molar-refractivity contribution in [2.45, 2.75) is 71.9 Å². The third-order valence-corrected chi connectivity index (χ3v) is 6.27. The van der Waals surface area contributed by atoms with Crippen molar-refractivity contribution < 1.29 is 9.18 Å². The number of anilines is 2. The minimum Gasteiger partial charge on any atom is -0.352 e. The summed E-state index contributed by atoms with van der Waals surface area (Å²) in [5.41, 5.74) is 1.47. The average molecular weight is 484 g/mol. The monoisotopic (exact) mass is 483 g/mol. The van der Waals surface area contributed by atoms with Crippen LogP contribution in [0.1, 0.15) is 65.8 Å². The van der Waals surface area contributed by atoms with Gasteiger partial charge in [0.05, 0.1) is 11.9 Å². The topological polar surface area (TPSA) is 88.0 Å². The SMILES string of the molecule is C=C/C=C(/Nc1nc2cnc(NC(C)C)nc2n1[C@H]1CC[C@@H](C(=O)N(CC)CCC)CC1)C(=C)F. The van der Waals surface area contributed by atoms with E-state index in [0.29, 0.717) is 23.1 Å². The highest BCUT2D eigenvalue weighted by atomic mass is 19.1. The number of nitrogens with one attached hydrogen (secondary N) is 2. The molecule has 1 amide bonds. The summed E-state index contributed by atoms with van der Waals surface area (Å²) in [4.78, 5) is 28.8. The molecule has 0 radical (unpaired) electrons. The van der Waals surface area contributed by atoms with E-state index < -0.39 is 5.83 Å². The maximum atomic E-state index is 14.1. The van der Waals surface area contributed by atoms with Crippen molar-refractivity contribution in [3.05, 3.63) is 43.0 Å². The highest BCUT2D eigenvalue weighted by Crippen LogP contribution is 2.37. The lowest BCUT2D eigenvalue weighted by Gasteiger charge is -2.33. The van der Waals surface area contributed by atoms with Crippen LogP contribution >= 0.6 is 0 Å². The second kappa shape index (κ2) is 12.0. The maximum Gasteiger partial charge on any atom is 0.225 e. The molecule has 2 N–H and O–H groups in total. The number of aromatic nitrogens is 4. The Kier molecular flexibility index (Phi) is 9.01. The van der Waals surface area contributed by atoms with Crippen LogP contribution in [0.5, 0.6) is 0 Å². The van der Waals surface area contributed by atoms with Crippen molar-refractivity contribution in [2.24, 2.45) is 5.92 Å². The van der Waals surface area contributed by atoms with E-state index in [1.807, 2.05) is 30.2 Å². The Labute approximate surface area is 207 Å². The quantitative estimate of drug-likeness (QED) is 0.405. The van der Waals surface area contributed by atoms with Crippen LogP contribution in [-0.2, 0) is 4.79 Å². The van der Waals surface area contributed by atoms with Crippen molar-refractivity contribution >= 4 is 29.0 Å². The highest BCUT2D eigenvalue weighted by Gasteiger charge is 2.32. The molecular weight excluding hydrogens is 445 g/mol. The Morgan fingerprint density at radius 1 is 1.29 bits per heavy atom. The fourth-order valence-electron chi connectivity index (χ4n) is 4.62. The molecule has 0 spiro atoms. The summed E-state index contributed by atoms with van der Waals surface area (Å²) in [6, 6.07) is 0.233. The van der Waals surface area contributed by atoms with Crippen molar-refractivity contribution in [2.75, 3.05) is 23.7 Å².